The van der Waals surface area contributed by atoms with Crippen molar-refractivity contribution in [3.05, 3.63) is 76.9 Å². The molecular weight excluding hydrogens is 556 g/mol. The maximum absolute atomic E-state index is 12.9. The molecule has 0 N–H and O–H groups in total. The van der Waals surface area contributed by atoms with Gasteiger partial charge in [0, 0.05) is 32.2 Å². The van der Waals surface area contributed by atoms with Crippen molar-refractivity contribution in [3.8, 4) is 5.75 Å². The lowest BCUT2D eigenvalue weighted by Crippen LogP contribution is -2.41. The summed E-state index contributed by atoms with van der Waals surface area (Å²) in [5.74, 6) is 1.69. The Morgan fingerprint density at radius 2 is 1.75 bits per heavy atom. The zero-order valence-electron chi connectivity index (χ0n) is 27.4. The molecule has 1 fully saturated rings. The van der Waals surface area contributed by atoms with Crippen LogP contribution in [-0.4, -0.2) is 65.2 Å². The second kappa shape index (κ2) is 16.7. The number of carbonyl (C=O) groups excluding carboxylic acids is 1. The fourth-order valence-corrected chi connectivity index (χ4v) is 6.52. The van der Waals surface area contributed by atoms with E-state index in [0.717, 1.165) is 55.8 Å². The van der Waals surface area contributed by atoms with Crippen molar-refractivity contribution < 1.29 is 33.2 Å². The lowest BCUT2D eigenvalue weighted by molar-refractivity contribution is -0.131. The van der Waals surface area contributed by atoms with Crippen LogP contribution in [-0.2, 0) is 41.7 Å². The van der Waals surface area contributed by atoms with Crippen molar-refractivity contribution in [1.82, 2.24) is 0 Å². The van der Waals surface area contributed by atoms with Gasteiger partial charge in [0.25, 0.3) is 0 Å². The van der Waals surface area contributed by atoms with Crippen molar-refractivity contribution in [1.29, 1.82) is 0 Å². The maximum Gasteiger partial charge on any atom is 0.163 e. The predicted molar refractivity (Wildman–Crippen MR) is 172 cm³/mol. The Kier molecular flexibility index (Phi) is 13.0. The average Bonchev–Trinajstić information content (AvgIpc) is 3.02. The Labute approximate surface area is 264 Å². The van der Waals surface area contributed by atoms with E-state index in [1.165, 1.54) is 11.1 Å². The Morgan fingerprint density at radius 1 is 1.00 bits per heavy atom. The Morgan fingerprint density at radius 3 is 2.48 bits per heavy atom. The minimum Gasteiger partial charge on any atom is -0.493 e. The summed E-state index contributed by atoms with van der Waals surface area (Å²) in [5, 5.41) is 0. The molecule has 0 radical (unpaired) electrons. The van der Waals surface area contributed by atoms with Crippen LogP contribution in [0.4, 0.5) is 0 Å². The summed E-state index contributed by atoms with van der Waals surface area (Å²) in [5.41, 5.74) is 4.80. The third-order valence-corrected chi connectivity index (χ3v) is 8.91. The molecule has 0 aliphatic carbocycles. The number of allylic oxidation sites excluding steroid dienone is 1. The van der Waals surface area contributed by atoms with E-state index in [9.17, 15) is 4.79 Å². The number of rotatable bonds is 17. The summed E-state index contributed by atoms with van der Waals surface area (Å²) in [6.45, 7) is 13.9. The summed E-state index contributed by atoms with van der Waals surface area (Å²) >= 11 is 0. The van der Waals surface area contributed by atoms with Crippen LogP contribution in [0.1, 0.15) is 87.0 Å². The molecule has 0 spiro atoms. The van der Waals surface area contributed by atoms with Gasteiger partial charge in [-0.2, -0.15) is 0 Å². The molecule has 1 saturated heterocycles. The molecule has 7 heteroatoms. The normalized spacial score (nSPS) is 21.8. The zero-order chi connectivity index (χ0) is 31.5. The van der Waals surface area contributed by atoms with Crippen molar-refractivity contribution in [2.75, 3.05) is 47.3 Å². The first-order valence-electron chi connectivity index (χ1n) is 16.1. The van der Waals surface area contributed by atoms with Gasteiger partial charge in [-0.25, -0.2) is 0 Å². The molecule has 2 aliphatic rings. The fraction of sp³-hybridized carbons (Fsp3) is 0.595. The molecule has 4 rings (SSSR count). The predicted octanol–water partition coefficient (Wildman–Crippen LogP) is 7.16. The highest BCUT2D eigenvalue weighted by molar-refractivity contribution is 5.98. The molecule has 0 aromatic heterocycles. The number of fused-ring (bicyclic) bond motifs is 1. The van der Waals surface area contributed by atoms with Gasteiger partial charge >= 0.3 is 0 Å². The van der Waals surface area contributed by atoms with Gasteiger partial charge < -0.3 is 28.4 Å². The van der Waals surface area contributed by atoms with Crippen LogP contribution in [0.25, 0.3) is 0 Å². The first-order valence-corrected chi connectivity index (χ1v) is 16.1. The lowest BCUT2D eigenvalue weighted by Gasteiger charge is -2.39. The SMILES string of the molecule is C=C(C)C(=O)C(C)(C)CC1CC(c2ccc(COCCOC)cc2)[C@@H](OCc2ccc3c(c2)C(CCCOC)CCO3)CO1. The number of hydrogen-bond donors (Lipinski definition) is 0. The number of methoxy groups -OCH3 is 2. The van der Waals surface area contributed by atoms with Gasteiger partial charge in [0.1, 0.15) is 5.75 Å². The minimum atomic E-state index is -0.539. The average molecular weight is 609 g/mol. The van der Waals surface area contributed by atoms with E-state index in [1.807, 2.05) is 13.8 Å². The number of Topliss-reactive ketones (excluding diaryl/α,β-unsaturated/α-hetero) is 1. The van der Waals surface area contributed by atoms with Gasteiger partial charge in [0.15, 0.2) is 5.78 Å². The minimum absolute atomic E-state index is 0.0519. The summed E-state index contributed by atoms with van der Waals surface area (Å²) < 4.78 is 35.1. The quantitative estimate of drug-likeness (QED) is 0.139. The molecule has 242 valence electrons. The highest BCUT2D eigenvalue weighted by atomic mass is 16.5. The molecule has 0 bridgehead atoms. The molecule has 7 nitrogen and oxygen atoms in total. The molecule has 2 aromatic rings. The van der Waals surface area contributed by atoms with Crippen LogP contribution < -0.4 is 4.74 Å². The molecule has 3 unspecified atom stereocenters. The molecule has 2 aromatic carbocycles. The van der Waals surface area contributed by atoms with Gasteiger partial charge in [-0.15, -0.1) is 0 Å². The monoisotopic (exact) mass is 608 g/mol. The topological polar surface area (TPSA) is 72.5 Å². The molecule has 44 heavy (non-hydrogen) atoms. The van der Waals surface area contributed by atoms with E-state index in [0.29, 0.717) is 50.9 Å². The third kappa shape index (κ3) is 9.48. The highest BCUT2D eigenvalue weighted by Gasteiger charge is 2.38. The Bertz CT molecular complexity index is 1200. The number of ketones is 1. The fourth-order valence-electron chi connectivity index (χ4n) is 6.52. The van der Waals surface area contributed by atoms with Crippen LogP contribution in [0.5, 0.6) is 5.75 Å². The van der Waals surface area contributed by atoms with Gasteiger partial charge in [0.2, 0.25) is 0 Å². The number of ether oxygens (including phenoxy) is 6. The highest BCUT2D eigenvalue weighted by Crippen LogP contribution is 2.40. The molecule has 0 saturated carbocycles. The van der Waals surface area contributed by atoms with E-state index < -0.39 is 5.41 Å². The number of hydrogen-bond acceptors (Lipinski definition) is 7. The van der Waals surface area contributed by atoms with Crippen molar-refractivity contribution in [3.63, 3.8) is 0 Å². The second-order valence-corrected chi connectivity index (χ2v) is 13.0. The Hall–Kier alpha value is -2.55. The van der Waals surface area contributed by atoms with Crippen LogP contribution in [0.15, 0.2) is 54.6 Å². The zero-order valence-corrected chi connectivity index (χ0v) is 27.4. The van der Waals surface area contributed by atoms with Crippen LogP contribution >= 0.6 is 0 Å². The van der Waals surface area contributed by atoms with Gasteiger partial charge in [-0.3, -0.25) is 4.79 Å². The molecule has 2 aliphatic heterocycles. The Balaban J connectivity index is 1.47. The number of carbonyl (C=O) groups is 1. The van der Waals surface area contributed by atoms with Gasteiger partial charge in [0.05, 0.1) is 51.8 Å². The first-order chi connectivity index (χ1) is 21.2. The molecule has 2 heterocycles. The summed E-state index contributed by atoms with van der Waals surface area (Å²) in [6.07, 6.45) is 4.41. The maximum atomic E-state index is 12.9. The smallest absolute Gasteiger partial charge is 0.163 e. The van der Waals surface area contributed by atoms with Gasteiger partial charge in [-0.1, -0.05) is 50.8 Å². The molecular formula is C37H52O7. The summed E-state index contributed by atoms with van der Waals surface area (Å²) in [4.78, 5) is 12.9. The van der Waals surface area contributed by atoms with E-state index in [1.54, 1.807) is 21.1 Å². The third-order valence-electron chi connectivity index (χ3n) is 8.91. The molecule has 0 amide bonds. The molecule has 4 atom stereocenters. The standard InChI is InChI=1S/C37H52O7/c1-26(2)36(38)37(3,4)22-31-21-33(30-12-9-27(10-13-30)23-41-19-18-40-6)35(25-43-31)44-24-28-11-14-34-32(20-28)29(15-17-42-34)8-7-16-39-5/h9-14,20,29,31,33,35H,1,7-8,15-19,21-25H2,2-6H3/t29?,31?,33?,35-/m0/s1. The second-order valence-electron chi connectivity index (χ2n) is 13.0. The van der Waals surface area contributed by atoms with Crippen LogP contribution in [0.2, 0.25) is 0 Å². The van der Waals surface area contributed by atoms with Gasteiger partial charge in [-0.05, 0) is 84.9 Å². The van der Waals surface area contributed by atoms with E-state index in [2.05, 4.69) is 49.0 Å². The van der Waals surface area contributed by atoms with E-state index in [-0.39, 0.29) is 23.9 Å². The van der Waals surface area contributed by atoms with Crippen LogP contribution in [0, 0.1) is 5.41 Å². The van der Waals surface area contributed by atoms with Crippen molar-refractivity contribution >= 4 is 5.78 Å². The number of benzene rings is 2. The van der Waals surface area contributed by atoms with Crippen molar-refractivity contribution in [2.45, 2.75) is 90.1 Å². The van der Waals surface area contributed by atoms with Crippen molar-refractivity contribution in [2.24, 2.45) is 5.41 Å². The van der Waals surface area contributed by atoms with E-state index >= 15 is 0 Å². The largest absolute Gasteiger partial charge is 0.493 e. The lowest BCUT2D eigenvalue weighted by atomic mass is 9.76. The first kappa shape index (κ1) is 34.3. The van der Waals surface area contributed by atoms with Crippen LogP contribution in [0.3, 0.4) is 0 Å². The summed E-state index contributed by atoms with van der Waals surface area (Å²) in [7, 11) is 3.43. The summed E-state index contributed by atoms with van der Waals surface area (Å²) in [6, 6.07) is 15.1. The van der Waals surface area contributed by atoms with E-state index in [4.69, 9.17) is 28.4 Å².